The van der Waals surface area contributed by atoms with Crippen molar-refractivity contribution in [1.82, 2.24) is 10.6 Å². The molecule has 0 spiro atoms. The number of likely N-dealkylation sites (N-methyl/N-ethyl adjacent to an activating group) is 1. The van der Waals surface area contributed by atoms with E-state index in [0.717, 1.165) is 0 Å². The molecular weight excluding hydrogens is 316 g/mol. The van der Waals surface area contributed by atoms with Gasteiger partial charge in [0, 0.05) is 7.05 Å². The van der Waals surface area contributed by atoms with Crippen molar-refractivity contribution in [1.29, 1.82) is 0 Å². The molecule has 2 amide bonds. The number of rotatable bonds is 9. The number of ether oxygens (including phenoxy) is 3. The molecule has 0 aliphatic heterocycles. The van der Waals surface area contributed by atoms with Crippen molar-refractivity contribution < 1.29 is 28.6 Å². The average molecular weight is 338 g/mol. The van der Waals surface area contributed by atoms with Crippen LogP contribution in [0.4, 0.5) is 0 Å². The van der Waals surface area contributed by atoms with Gasteiger partial charge in [0.05, 0.1) is 25.3 Å². The Kier molecular flexibility index (Phi) is 8.10. The fourth-order valence-electron chi connectivity index (χ4n) is 1.71. The number of hydrogen-bond donors (Lipinski definition) is 2. The molecule has 0 saturated heterocycles. The van der Waals surface area contributed by atoms with Crippen molar-refractivity contribution >= 4 is 17.8 Å². The summed E-state index contributed by atoms with van der Waals surface area (Å²) in [4.78, 5) is 34.5. The topological polar surface area (TPSA) is 103 Å². The summed E-state index contributed by atoms with van der Waals surface area (Å²) in [6.07, 6.45) is 0. The lowest BCUT2D eigenvalue weighted by Crippen LogP contribution is -2.37. The van der Waals surface area contributed by atoms with Gasteiger partial charge in [-0.1, -0.05) is 0 Å². The van der Waals surface area contributed by atoms with Gasteiger partial charge in [-0.05, 0) is 32.0 Å². The van der Waals surface area contributed by atoms with Crippen LogP contribution in [0.1, 0.15) is 24.2 Å². The molecule has 1 aromatic carbocycles. The first-order valence-corrected chi connectivity index (χ1v) is 7.55. The third kappa shape index (κ3) is 6.15. The minimum Gasteiger partial charge on any atom is -0.490 e. The van der Waals surface area contributed by atoms with E-state index in [4.69, 9.17) is 14.2 Å². The van der Waals surface area contributed by atoms with Crippen LogP contribution >= 0.6 is 0 Å². The zero-order valence-corrected chi connectivity index (χ0v) is 14.0. The van der Waals surface area contributed by atoms with Crippen LogP contribution in [0.15, 0.2) is 18.2 Å². The van der Waals surface area contributed by atoms with Gasteiger partial charge < -0.3 is 24.8 Å². The second kappa shape index (κ2) is 10.1. The second-order valence-corrected chi connectivity index (χ2v) is 4.55. The number of carbonyl (C=O) groups excluding carboxylic acids is 3. The van der Waals surface area contributed by atoms with Gasteiger partial charge in [-0.25, -0.2) is 4.79 Å². The lowest BCUT2D eigenvalue weighted by Gasteiger charge is -2.12. The Labute approximate surface area is 140 Å². The van der Waals surface area contributed by atoms with Crippen molar-refractivity contribution in [3.63, 3.8) is 0 Å². The average Bonchev–Trinajstić information content (AvgIpc) is 2.59. The van der Waals surface area contributed by atoms with Gasteiger partial charge in [-0.15, -0.1) is 0 Å². The largest absolute Gasteiger partial charge is 0.490 e. The van der Waals surface area contributed by atoms with Crippen LogP contribution in [-0.4, -0.2) is 51.2 Å². The molecule has 0 saturated carbocycles. The molecule has 24 heavy (non-hydrogen) atoms. The van der Waals surface area contributed by atoms with Gasteiger partial charge in [0.1, 0.15) is 0 Å². The number of hydrogen-bond acceptors (Lipinski definition) is 6. The molecule has 0 aliphatic carbocycles. The summed E-state index contributed by atoms with van der Waals surface area (Å²) in [6, 6.07) is 4.63. The summed E-state index contributed by atoms with van der Waals surface area (Å²) in [6.45, 7) is 3.89. The normalized spacial score (nSPS) is 9.79. The standard InChI is InChI=1S/C16H22N2O6/c1-4-22-12-7-6-11(8-13(12)23-5-2)16(21)24-10-15(20)18-9-14(19)17-3/h6-8H,4-5,9-10H2,1-3H3,(H,17,19)(H,18,20). The summed E-state index contributed by atoms with van der Waals surface area (Å²) in [5.41, 5.74) is 0.237. The minimum absolute atomic E-state index is 0.176. The van der Waals surface area contributed by atoms with Crippen molar-refractivity contribution in [2.75, 3.05) is 33.4 Å². The van der Waals surface area contributed by atoms with Gasteiger partial charge in [-0.3, -0.25) is 9.59 Å². The fourth-order valence-corrected chi connectivity index (χ4v) is 1.71. The van der Waals surface area contributed by atoms with E-state index < -0.39 is 18.5 Å². The number of benzene rings is 1. The van der Waals surface area contributed by atoms with E-state index >= 15 is 0 Å². The van der Waals surface area contributed by atoms with E-state index in [1.54, 1.807) is 6.07 Å². The quantitative estimate of drug-likeness (QED) is 0.636. The van der Waals surface area contributed by atoms with Crippen molar-refractivity contribution in [3.8, 4) is 11.5 Å². The molecule has 8 nitrogen and oxygen atoms in total. The summed E-state index contributed by atoms with van der Waals surface area (Å²) < 4.78 is 15.7. The fraction of sp³-hybridized carbons (Fsp3) is 0.438. The van der Waals surface area contributed by atoms with Crippen molar-refractivity contribution in [2.24, 2.45) is 0 Å². The Morgan fingerprint density at radius 3 is 2.29 bits per heavy atom. The maximum absolute atomic E-state index is 12.0. The highest BCUT2D eigenvalue weighted by Gasteiger charge is 2.14. The van der Waals surface area contributed by atoms with Gasteiger partial charge in [0.2, 0.25) is 5.91 Å². The van der Waals surface area contributed by atoms with Crippen LogP contribution in [0.2, 0.25) is 0 Å². The molecule has 1 rings (SSSR count). The predicted molar refractivity (Wildman–Crippen MR) is 86.1 cm³/mol. The summed E-state index contributed by atoms with van der Waals surface area (Å²) in [5, 5.41) is 4.68. The van der Waals surface area contributed by atoms with Crippen LogP contribution in [0.3, 0.4) is 0 Å². The monoisotopic (exact) mass is 338 g/mol. The van der Waals surface area contributed by atoms with Crippen LogP contribution in [0.5, 0.6) is 11.5 Å². The first kappa shape index (κ1) is 19.3. The smallest absolute Gasteiger partial charge is 0.338 e. The third-order valence-electron chi connectivity index (χ3n) is 2.84. The Morgan fingerprint density at radius 2 is 1.67 bits per heavy atom. The SMILES string of the molecule is CCOc1ccc(C(=O)OCC(=O)NCC(=O)NC)cc1OCC. The molecule has 0 atom stereocenters. The van der Waals surface area contributed by atoms with E-state index in [-0.39, 0.29) is 18.0 Å². The predicted octanol–water partition coefficient (Wildman–Crippen LogP) is 0.503. The first-order valence-electron chi connectivity index (χ1n) is 7.55. The summed E-state index contributed by atoms with van der Waals surface area (Å²) >= 11 is 0. The van der Waals surface area contributed by atoms with E-state index in [9.17, 15) is 14.4 Å². The molecule has 1 aromatic rings. The van der Waals surface area contributed by atoms with Crippen molar-refractivity contribution in [2.45, 2.75) is 13.8 Å². The molecule has 0 fully saturated rings. The molecule has 0 bridgehead atoms. The van der Waals surface area contributed by atoms with E-state index in [2.05, 4.69) is 10.6 Å². The molecule has 0 heterocycles. The highest BCUT2D eigenvalue weighted by molar-refractivity contribution is 5.92. The molecule has 132 valence electrons. The molecule has 8 heteroatoms. The highest BCUT2D eigenvalue weighted by atomic mass is 16.5. The summed E-state index contributed by atoms with van der Waals surface area (Å²) in [5.74, 6) is -0.628. The number of carbonyl (C=O) groups is 3. The summed E-state index contributed by atoms with van der Waals surface area (Å²) in [7, 11) is 1.45. The minimum atomic E-state index is -0.672. The molecular formula is C16H22N2O6. The Balaban J connectivity index is 2.62. The van der Waals surface area contributed by atoms with E-state index in [0.29, 0.717) is 24.7 Å². The second-order valence-electron chi connectivity index (χ2n) is 4.55. The molecule has 0 radical (unpaired) electrons. The lowest BCUT2D eigenvalue weighted by molar-refractivity contribution is -0.127. The van der Waals surface area contributed by atoms with Crippen molar-refractivity contribution in [3.05, 3.63) is 23.8 Å². The maximum atomic E-state index is 12.0. The van der Waals surface area contributed by atoms with Gasteiger partial charge >= 0.3 is 5.97 Å². The molecule has 0 aromatic heterocycles. The zero-order valence-electron chi connectivity index (χ0n) is 14.0. The van der Waals surface area contributed by atoms with E-state index in [1.807, 2.05) is 13.8 Å². The molecule has 0 aliphatic rings. The molecule has 2 N–H and O–H groups in total. The third-order valence-corrected chi connectivity index (χ3v) is 2.84. The van der Waals surface area contributed by atoms with Gasteiger partial charge in [-0.2, -0.15) is 0 Å². The van der Waals surface area contributed by atoms with Crippen LogP contribution in [0, 0.1) is 0 Å². The first-order chi connectivity index (χ1) is 11.5. The van der Waals surface area contributed by atoms with Crippen LogP contribution < -0.4 is 20.1 Å². The number of nitrogens with one attached hydrogen (secondary N) is 2. The van der Waals surface area contributed by atoms with Gasteiger partial charge in [0.15, 0.2) is 18.1 Å². The van der Waals surface area contributed by atoms with Crippen LogP contribution in [0.25, 0.3) is 0 Å². The Bertz CT molecular complexity index is 588. The van der Waals surface area contributed by atoms with Crippen LogP contribution in [-0.2, 0) is 14.3 Å². The Hall–Kier alpha value is -2.77. The zero-order chi connectivity index (χ0) is 17.9. The highest BCUT2D eigenvalue weighted by Crippen LogP contribution is 2.28. The maximum Gasteiger partial charge on any atom is 0.338 e. The lowest BCUT2D eigenvalue weighted by atomic mass is 10.2. The number of amides is 2. The van der Waals surface area contributed by atoms with E-state index in [1.165, 1.54) is 19.2 Å². The molecule has 0 unspecified atom stereocenters. The Morgan fingerprint density at radius 1 is 1.00 bits per heavy atom. The van der Waals surface area contributed by atoms with Gasteiger partial charge in [0.25, 0.3) is 5.91 Å². The number of esters is 1.